The Morgan fingerprint density at radius 1 is 1.38 bits per heavy atom. The second-order valence-electron chi connectivity index (χ2n) is 3.46. The van der Waals surface area contributed by atoms with Gasteiger partial charge in [-0.3, -0.25) is 0 Å². The van der Waals surface area contributed by atoms with Gasteiger partial charge in [0.1, 0.15) is 12.4 Å². The van der Waals surface area contributed by atoms with Crippen LogP contribution in [0.5, 0.6) is 0 Å². The predicted octanol–water partition coefficient (Wildman–Crippen LogP) is 2.56. The highest BCUT2D eigenvalue weighted by atomic mass is 32.1. The molecule has 0 aliphatic heterocycles. The van der Waals surface area contributed by atoms with Crippen LogP contribution in [0.1, 0.15) is 16.2 Å². The molecule has 0 bridgehead atoms. The van der Waals surface area contributed by atoms with Crippen molar-refractivity contribution in [3.05, 3.63) is 46.0 Å². The molecule has 2 aromatic rings. The van der Waals surface area contributed by atoms with E-state index < -0.39 is 0 Å². The van der Waals surface area contributed by atoms with Gasteiger partial charge in [0.2, 0.25) is 0 Å². The van der Waals surface area contributed by atoms with E-state index >= 15 is 0 Å². The lowest BCUT2D eigenvalue weighted by Crippen LogP contribution is -2.02. The minimum atomic E-state index is 0.500. The summed E-state index contributed by atoms with van der Waals surface area (Å²) in [6, 6.07) is 6.06. The molecule has 3 nitrogen and oxygen atoms in total. The molecule has 0 saturated heterocycles. The summed E-state index contributed by atoms with van der Waals surface area (Å²) in [6.07, 6.45) is 2.61. The molecule has 0 spiro atoms. The van der Waals surface area contributed by atoms with Crippen molar-refractivity contribution in [2.75, 3.05) is 6.61 Å². The minimum absolute atomic E-state index is 0.500. The Labute approximate surface area is 98.8 Å². The number of furan rings is 1. The minimum Gasteiger partial charge on any atom is -0.467 e. The van der Waals surface area contributed by atoms with Crippen LogP contribution in [0, 0.1) is 0 Å². The maximum Gasteiger partial charge on any atom is 0.133 e. The first-order valence-corrected chi connectivity index (χ1v) is 6.13. The molecule has 86 valence electrons. The summed E-state index contributed by atoms with van der Waals surface area (Å²) in [4.78, 5) is 1.35. The maximum atomic E-state index is 5.56. The number of ether oxygens (including phenoxy) is 1. The Morgan fingerprint density at radius 3 is 3.06 bits per heavy atom. The van der Waals surface area contributed by atoms with Crippen LogP contribution in [0.25, 0.3) is 0 Å². The van der Waals surface area contributed by atoms with Gasteiger partial charge in [-0.2, -0.15) is 0 Å². The molecule has 0 amide bonds. The predicted molar refractivity (Wildman–Crippen MR) is 64.3 cm³/mol. The summed E-state index contributed by atoms with van der Waals surface area (Å²) < 4.78 is 10.8. The van der Waals surface area contributed by atoms with Crippen molar-refractivity contribution in [1.82, 2.24) is 0 Å². The molecule has 2 aromatic heterocycles. The molecule has 0 unspecified atom stereocenters. The Kier molecular flexibility index (Phi) is 4.16. The molecule has 4 heteroatoms. The van der Waals surface area contributed by atoms with Gasteiger partial charge < -0.3 is 14.9 Å². The van der Waals surface area contributed by atoms with Gasteiger partial charge in [-0.05, 0) is 17.5 Å². The lowest BCUT2D eigenvalue weighted by molar-refractivity contribution is 0.108. The third kappa shape index (κ3) is 2.95. The second-order valence-corrected chi connectivity index (χ2v) is 4.49. The molecule has 2 N–H and O–H groups in total. The van der Waals surface area contributed by atoms with Crippen LogP contribution >= 0.6 is 11.3 Å². The standard InChI is InChI=1S/C12H15NO2S/c13-8-10-3-6-15-12(10)9-14-5-4-11-2-1-7-16-11/h1-3,6-7H,4-5,8-9,13H2. The van der Waals surface area contributed by atoms with E-state index in [2.05, 4.69) is 17.5 Å². The number of thiophene rings is 1. The van der Waals surface area contributed by atoms with E-state index in [0.29, 0.717) is 19.8 Å². The van der Waals surface area contributed by atoms with Gasteiger partial charge in [0, 0.05) is 23.4 Å². The largest absolute Gasteiger partial charge is 0.467 e. The lowest BCUT2D eigenvalue weighted by Gasteiger charge is -2.02. The van der Waals surface area contributed by atoms with Gasteiger partial charge in [0.15, 0.2) is 0 Å². The van der Waals surface area contributed by atoms with Crippen LogP contribution in [0.2, 0.25) is 0 Å². The zero-order valence-corrected chi connectivity index (χ0v) is 9.83. The second kappa shape index (κ2) is 5.84. The summed E-state index contributed by atoms with van der Waals surface area (Å²) >= 11 is 1.76. The van der Waals surface area contributed by atoms with Gasteiger partial charge >= 0.3 is 0 Å². The van der Waals surface area contributed by atoms with Crippen LogP contribution in [0.3, 0.4) is 0 Å². The zero-order valence-electron chi connectivity index (χ0n) is 9.02. The van der Waals surface area contributed by atoms with Crippen LogP contribution < -0.4 is 5.73 Å². The van der Waals surface area contributed by atoms with Crippen molar-refractivity contribution < 1.29 is 9.15 Å². The third-order valence-electron chi connectivity index (χ3n) is 2.36. The normalized spacial score (nSPS) is 10.8. The van der Waals surface area contributed by atoms with E-state index in [4.69, 9.17) is 14.9 Å². The fourth-order valence-electron chi connectivity index (χ4n) is 1.47. The van der Waals surface area contributed by atoms with Crippen molar-refractivity contribution in [2.45, 2.75) is 19.6 Å². The SMILES string of the molecule is NCc1ccoc1COCCc1cccs1. The van der Waals surface area contributed by atoms with E-state index in [1.807, 2.05) is 6.07 Å². The van der Waals surface area contributed by atoms with E-state index in [1.165, 1.54) is 4.88 Å². The molecule has 0 aromatic carbocycles. The van der Waals surface area contributed by atoms with Gasteiger partial charge in [0.05, 0.1) is 12.9 Å². The molecule has 0 fully saturated rings. The summed E-state index contributed by atoms with van der Waals surface area (Å²) in [6.45, 7) is 1.72. The molecular weight excluding hydrogens is 222 g/mol. The van der Waals surface area contributed by atoms with Crippen LogP contribution in [-0.2, 0) is 24.3 Å². The van der Waals surface area contributed by atoms with Crippen molar-refractivity contribution >= 4 is 11.3 Å². The van der Waals surface area contributed by atoms with Crippen LogP contribution in [0.4, 0.5) is 0 Å². The zero-order chi connectivity index (χ0) is 11.2. The van der Waals surface area contributed by atoms with Crippen molar-refractivity contribution in [1.29, 1.82) is 0 Å². The fourth-order valence-corrected chi connectivity index (χ4v) is 2.16. The first-order valence-electron chi connectivity index (χ1n) is 5.25. The lowest BCUT2D eigenvalue weighted by atomic mass is 10.2. The quantitative estimate of drug-likeness (QED) is 0.785. The topological polar surface area (TPSA) is 48.4 Å². The summed E-state index contributed by atoms with van der Waals surface area (Å²) in [5.41, 5.74) is 6.59. The monoisotopic (exact) mass is 237 g/mol. The highest BCUT2D eigenvalue weighted by molar-refractivity contribution is 7.09. The molecule has 0 radical (unpaired) electrons. The van der Waals surface area contributed by atoms with Gasteiger partial charge in [0.25, 0.3) is 0 Å². The highest BCUT2D eigenvalue weighted by Crippen LogP contribution is 2.12. The molecule has 2 rings (SSSR count). The first kappa shape index (κ1) is 11.4. The third-order valence-corrected chi connectivity index (χ3v) is 3.30. The number of hydrogen-bond acceptors (Lipinski definition) is 4. The van der Waals surface area contributed by atoms with Crippen molar-refractivity contribution in [3.63, 3.8) is 0 Å². The Hall–Kier alpha value is -1.10. The molecule has 0 atom stereocenters. The Balaban J connectivity index is 1.72. The number of rotatable bonds is 6. The fraction of sp³-hybridized carbons (Fsp3) is 0.333. The smallest absolute Gasteiger partial charge is 0.133 e. The summed E-state index contributed by atoms with van der Waals surface area (Å²) in [5, 5.41) is 2.08. The average molecular weight is 237 g/mol. The van der Waals surface area contributed by atoms with Gasteiger partial charge in [-0.1, -0.05) is 6.07 Å². The molecule has 0 aliphatic carbocycles. The van der Waals surface area contributed by atoms with E-state index in [0.717, 1.165) is 17.7 Å². The first-order chi connectivity index (χ1) is 7.90. The van der Waals surface area contributed by atoms with Crippen LogP contribution in [-0.4, -0.2) is 6.61 Å². The molecule has 2 heterocycles. The Morgan fingerprint density at radius 2 is 2.31 bits per heavy atom. The maximum absolute atomic E-state index is 5.56. The van der Waals surface area contributed by atoms with Crippen molar-refractivity contribution in [2.24, 2.45) is 5.73 Å². The van der Waals surface area contributed by atoms with E-state index in [9.17, 15) is 0 Å². The molecule has 16 heavy (non-hydrogen) atoms. The van der Waals surface area contributed by atoms with E-state index in [-0.39, 0.29) is 0 Å². The van der Waals surface area contributed by atoms with Crippen molar-refractivity contribution in [3.8, 4) is 0 Å². The number of nitrogens with two attached hydrogens (primary N) is 1. The highest BCUT2D eigenvalue weighted by Gasteiger charge is 2.04. The molecule has 0 saturated carbocycles. The molecular formula is C12H15NO2S. The molecule has 0 aliphatic rings. The van der Waals surface area contributed by atoms with Gasteiger partial charge in [-0.15, -0.1) is 11.3 Å². The van der Waals surface area contributed by atoms with Gasteiger partial charge in [-0.25, -0.2) is 0 Å². The summed E-state index contributed by atoms with van der Waals surface area (Å²) in [5.74, 6) is 0.841. The number of hydrogen-bond donors (Lipinski definition) is 1. The van der Waals surface area contributed by atoms with Crippen LogP contribution in [0.15, 0.2) is 34.3 Å². The average Bonchev–Trinajstić information content (AvgIpc) is 2.95. The Bertz CT molecular complexity index is 408. The summed E-state index contributed by atoms with van der Waals surface area (Å²) in [7, 11) is 0. The van der Waals surface area contributed by atoms with E-state index in [1.54, 1.807) is 17.6 Å².